The first-order chi connectivity index (χ1) is 9.84. The Kier molecular flexibility index (Phi) is 4.39. The molecule has 2 aromatic rings. The molecule has 104 valence electrons. The zero-order valence-electron chi connectivity index (χ0n) is 11.6. The standard InChI is InChI=1S/C18H20ClN/c19-17-12-7-13-20(14-15-8-3-1-4-9-15)18(17)16-10-5-2-6-11-16/h1-6,8-11,17-18H,7,12-14H2/t17-,18-/m1/s1. The molecule has 0 saturated carbocycles. The van der Waals surface area contributed by atoms with Crippen molar-refractivity contribution in [3.63, 3.8) is 0 Å². The highest BCUT2D eigenvalue weighted by Crippen LogP contribution is 2.35. The lowest BCUT2D eigenvalue weighted by atomic mass is 9.94. The molecule has 1 aliphatic heterocycles. The molecule has 1 saturated heterocycles. The Morgan fingerprint density at radius 3 is 2.30 bits per heavy atom. The molecule has 1 nitrogen and oxygen atoms in total. The largest absolute Gasteiger partial charge is 0.291 e. The van der Waals surface area contributed by atoms with Gasteiger partial charge in [-0.05, 0) is 30.5 Å². The van der Waals surface area contributed by atoms with E-state index in [1.54, 1.807) is 0 Å². The Bertz CT molecular complexity index is 526. The summed E-state index contributed by atoms with van der Waals surface area (Å²) < 4.78 is 0. The van der Waals surface area contributed by atoms with Gasteiger partial charge in [-0.25, -0.2) is 0 Å². The molecule has 0 amide bonds. The Labute approximate surface area is 126 Å². The molecule has 1 fully saturated rings. The Morgan fingerprint density at radius 1 is 0.950 bits per heavy atom. The highest BCUT2D eigenvalue weighted by Gasteiger charge is 2.31. The van der Waals surface area contributed by atoms with Gasteiger partial charge in [0.15, 0.2) is 0 Å². The maximum atomic E-state index is 6.64. The molecule has 0 unspecified atom stereocenters. The van der Waals surface area contributed by atoms with Crippen LogP contribution in [0.5, 0.6) is 0 Å². The fraction of sp³-hybridized carbons (Fsp3) is 0.333. The topological polar surface area (TPSA) is 3.24 Å². The number of nitrogens with zero attached hydrogens (tertiary/aromatic N) is 1. The van der Waals surface area contributed by atoms with Gasteiger partial charge in [0.1, 0.15) is 0 Å². The van der Waals surface area contributed by atoms with Gasteiger partial charge in [0.05, 0.1) is 11.4 Å². The third-order valence-electron chi connectivity index (χ3n) is 4.03. The van der Waals surface area contributed by atoms with Crippen LogP contribution in [0.1, 0.15) is 30.0 Å². The van der Waals surface area contributed by atoms with Crippen LogP contribution >= 0.6 is 11.6 Å². The average molecular weight is 286 g/mol. The molecule has 2 aromatic carbocycles. The molecule has 0 bridgehead atoms. The number of benzene rings is 2. The predicted molar refractivity (Wildman–Crippen MR) is 84.9 cm³/mol. The van der Waals surface area contributed by atoms with Crippen LogP contribution < -0.4 is 0 Å². The lowest BCUT2D eigenvalue weighted by Crippen LogP contribution is -2.39. The molecule has 20 heavy (non-hydrogen) atoms. The van der Waals surface area contributed by atoms with Crippen LogP contribution in [-0.2, 0) is 6.54 Å². The molecular weight excluding hydrogens is 266 g/mol. The zero-order chi connectivity index (χ0) is 13.8. The van der Waals surface area contributed by atoms with Gasteiger partial charge < -0.3 is 0 Å². The van der Waals surface area contributed by atoms with E-state index in [1.165, 1.54) is 17.5 Å². The number of likely N-dealkylation sites (tertiary alicyclic amines) is 1. The first kappa shape index (κ1) is 13.7. The predicted octanol–water partition coefficient (Wildman–Crippen LogP) is 4.63. The van der Waals surface area contributed by atoms with Gasteiger partial charge in [-0.15, -0.1) is 11.6 Å². The lowest BCUT2D eigenvalue weighted by molar-refractivity contribution is 0.144. The summed E-state index contributed by atoms with van der Waals surface area (Å²) in [5, 5.41) is 0.204. The van der Waals surface area contributed by atoms with Gasteiger partial charge in [-0.3, -0.25) is 4.90 Å². The van der Waals surface area contributed by atoms with Crippen molar-refractivity contribution in [3.8, 4) is 0 Å². The second-order valence-electron chi connectivity index (χ2n) is 5.47. The van der Waals surface area contributed by atoms with Crippen molar-refractivity contribution in [1.29, 1.82) is 0 Å². The number of rotatable bonds is 3. The minimum atomic E-state index is 0.204. The van der Waals surface area contributed by atoms with E-state index in [2.05, 4.69) is 65.6 Å². The normalized spacial score (nSPS) is 23.6. The molecule has 0 spiro atoms. The number of hydrogen-bond donors (Lipinski definition) is 0. The van der Waals surface area contributed by atoms with Crippen LogP contribution in [0.2, 0.25) is 0 Å². The molecule has 0 N–H and O–H groups in total. The van der Waals surface area contributed by atoms with Crippen LogP contribution in [-0.4, -0.2) is 16.8 Å². The molecule has 1 aliphatic rings. The number of piperidine rings is 1. The lowest BCUT2D eigenvalue weighted by Gasteiger charge is -2.39. The van der Waals surface area contributed by atoms with Crippen molar-refractivity contribution in [2.45, 2.75) is 30.8 Å². The van der Waals surface area contributed by atoms with Gasteiger partial charge >= 0.3 is 0 Å². The molecule has 2 heteroatoms. The summed E-state index contributed by atoms with van der Waals surface area (Å²) >= 11 is 6.64. The average Bonchev–Trinajstić information content (AvgIpc) is 2.49. The van der Waals surface area contributed by atoms with E-state index in [1.807, 2.05) is 0 Å². The molecule has 0 radical (unpaired) electrons. The number of halogens is 1. The maximum absolute atomic E-state index is 6.64. The van der Waals surface area contributed by atoms with Gasteiger partial charge in [0.25, 0.3) is 0 Å². The monoisotopic (exact) mass is 285 g/mol. The summed E-state index contributed by atoms with van der Waals surface area (Å²) in [7, 11) is 0. The van der Waals surface area contributed by atoms with Crippen LogP contribution in [0.25, 0.3) is 0 Å². The molecular formula is C18H20ClN. The summed E-state index contributed by atoms with van der Waals surface area (Å²) in [4.78, 5) is 2.52. The second kappa shape index (κ2) is 6.43. The summed E-state index contributed by atoms with van der Waals surface area (Å²) in [6.45, 7) is 2.10. The van der Waals surface area contributed by atoms with Crippen molar-refractivity contribution < 1.29 is 0 Å². The quantitative estimate of drug-likeness (QED) is 0.743. The summed E-state index contributed by atoms with van der Waals surface area (Å²) in [6.07, 6.45) is 2.29. The van der Waals surface area contributed by atoms with E-state index in [0.29, 0.717) is 6.04 Å². The highest BCUT2D eigenvalue weighted by molar-refractivity contribution is 6.21. The minimum absolute atomic E-state index is 0.204. The van der Waals surface area contributed by atoms with Crippen LogP contribution in [0.15, 0.2) is 60.7 Å². The highest BCUT2D eigenvalue weighted by atomic mass is 35.5. The molecule has 1 heterocycles. The van der Waals surface area contributed by atoms with E-state index in [4.69, 9.17) is 11.6 Å². The molecule has 0 aromatic heterocycles. The fourth-order valence-electron chi connectivity index (χ4n) is 3.08. The van der Waals surface area contributed by atoms with Crippen molar-refractivity contribution in [3.05, 3.63) is 71.8 Å². The minimum Gasteiger partial charge on any atom is -0.291 e. The Morgan fingerprint density at radius 2 is 1.60 bits per heavy atom. The van der Waals surface area contributed by atoms with Crippen LogP contribution in [0, 0.1) is 0 Å². The van der Waals surface area contributed by atoms with E-state index in [9.17, 15) is 0 Å². The number of alkyl halides is 1. The fourth-order valence-corrected chi connectivity index (χ4v) is 3.54. The third kappa shape index (κ3) is 3.05. The van der Waals surface area contributed by atoms with Crippen molar-refractivity contribution in [2.75, 3.05) is 6.54 Å². The summed E-state index contributed by atoms with van der Waals surface area (Å²) in [6, 6.07) is 21.7. The Balaban J connectivity index is 1.83. The summed E-state index contributed by atoms with van der Waals surface area (Å²) in [5.74, 6) is 0. The van der Waals surface area contributed by atoms with Crippen molar-refractivity contribution in [2.24, 2.45) is 0 Å². The molecule has 2 atom stereocenters. The van der Waals surface area contributed by atoms with Gasteiger partial charge in [0.2, 0.25) is 0 Å². The van der Waals surface area contributed by atoms with E-state index >= 15 is 0 Å². The maximum Gasteiger partial charge on any atom is 0.0533 e. The zero-order valence-corrected chi connectivity index (χ0v) is 12.3. The summed E-state index contributed by atoms with van der Waals surface area (Å²) in [5.41, 5.74) is 2.70. The van der Waals surface area contributed by atoms with E-state index in [-0.39, 0.29) is 5.38 Å². The second-order valence-corrected chi connectivity index (χ2v) is 6.03. The molecule has 3 rings (SSSR count). The SMILES string of the molecule is Cl[C@@H]1CCCN(Cc2ccccc2)[C@@H]1c1ccccc1. The van der Waals surface area contributed by atoms with Crippen LogP contribution in [0.3, 0.4) is 0 Å². The first-order valence-corrected chi connectivity index (χ1v) is 7.75. The van der Waals surface area contributed by atoms with Crippen molar-refractivity contribution >= 4 is 11.6 Å². The van der Waals surface area contributed by atoms with Gasteiger partial charge in [-0.2, -0.15) is 0 Å². The number of hydrogen-bond acceptors (Lipinski definition) is 1. The van der Waals surface area contributed by atoms with E-state index in [0.717, 1.165) is 19.5 Å². The smallest absolute Gasteiger partial charge is 0.0533 e. The van der Waals surface area contributed by atoms with E-state index < -0.39 is 0 Å². The third-order valence-corrected chi connectivity index (χ3v) is 4.49. The van der Waals surface area contributed by atoms with Gasteiger partial charge in [0, 0.05) is 6.54 Å². The molecule has 0 aliphatic carbocycles. The Hall–Kier alpha value is -1.31. The van der Waals surface area contributed by atoms with Crippen LogP contribution in [0.4, 0.5) is 0 Å². The first-order valence-electron chi connectivity index (χ1n) is 7.31. The van der Waals surface area contributed by atoms with Gasteiger partial charge in [-0.1, -0.05) is 60.7 Å². The van der Waals surface area contributed by atoms with Crippen molar-refractivity contribution in [1.82, 2.24) is 4.90 Å².